The number of aryl methyl sites for hydroxylation is 1. The van der Waals surface area contributed by atoms with E-state index in [2.05, 4.69) is 5.10 Å². The summed E-state index contributed by atoms with van der Waals surface area (Å²) in [4.78, 5) is 0.309. The predicted molar refractivity (Wildman–Crippen MR) is 75.5 cm³/mol. The molecule has 1 unspecified atom stereocenters. The number of aromatic nitrogens is 2. The molecule has 0 aliphatic rings. The molecule has 0 bridgehead atoms. The highest BCUT2D eigenvalue weighted by atomic mass is 32.2. The summed E-state index contributed by atoms with van der Waals surface area (Å²) in [6.45, 7) is 8.31. The van der Waals surface area contributed by atoms with Crippen molar-refractivity contribution in [2.45, 2.75) is 51.6 Å². The third kappa shape index (κ3) is 2.98. The largest absolute Gasteiger partial charge is 0.329 e. The highest BCUT2D eigenvalue weighted by molar-refractivity contribution is 7.89. The van der Waals surface area contributed by atoms with Gasteiger partial charge in [-0.2, -0.15) is 9.40 Å². The SMILES string of the molecule is CCC(C)N(C)S(=O)(=O)c1c(C)nn(CCN)c1C. The molecule has 110 valence electrons. The van der Waals surface area contributed by atoms with Crippen LogP contribution in [-0.2, 0) is 16.6 Å². The Bertz CT molecular complexity index is 536. The first kappa shape index (κ1) is 16.1. The van der Waals surface area contributed by atoms with Gasteiger partial charge in [0.05, 0.1) is 17.9 Å². The van der Waals surface area contributed by atoms with E-state index in [1.54, 1.807) is 25.6 Å². The van der Waals surface area contributed by atoms with Crippen molar-refractivity contribution in [2.24, 2.45) is 5.73 Å². The average molecular weight is 288 g/mol. The minimum atomic E-state index is -3.50. The molecule has 1 aromatic heterocycles. The first-order chi connectivity index (χ1) is 8.77. The molecule has 2 N–H and O–H groups in total. The van der Waals surface area contributed by atoms with Crippen LogP contribution in [0.4, 0.5) is 0 Å². The van der Waals surface area contributed by atoms with Crippen LogP contribution in [0.15, 0.2) is 4.90 Å². The van der Waals surface area contributed by atoms with E-state index in [1.165, 1.54) is 4.31 Å². The van der Waals surface area contributed by atoms with Crippen LogP contribution in [0.3, 0.4) is 0 Å². The Morgan fingerprint density at radius 2 is 2.00 bits per heavy atom. The monoisotopic (exact) mass is 288 g/mol. The topological polar surface area (TPSA) is 81.2 Å². The summed E-state index contributed by atoms with van der Waals surface area (Å²) >= 11 is 0. The molecular formula is C12H24N4O2S. The van der Waals surface area contributed by atoms with Gasteiger partial charge in [-0.25, -0.2) is 8.42 Å². The van der Waals surface area contributed by atoms with E-state index in [0.29, 0.717) is 29.4 Å². The molecule has 6 nitrogen and oxygen atoms in total. The van der Waals surface area contributed by atoms with Crippen LogP contribution >= 0.6 is 0 Å². The summed E-state index contributed by atoms with van der Waals surface area (Å²) in [6.07, 6.45) is 0.769. The molecule has 0 fully saturated rings. The fourth-order valence-electron chi connectivity index (χ4n) is 2.03. The summed E-state index contributed by atoms with van der Waals surface area (Å²) in [5.74, 6) is 0. The maximum atomic E-state index is 12.6. The van der Waals surface area contributed by atoms with E-state index < -0.39 is 10.0 Å². The molecular weight excluding hydrogens is 264 g/mol. The maximum absolute atomic E-state index is 12.6. The van der Waals surface area contributed by atoms with E-state index in [4.69, 9.17) is 5.73 Å². The van der Waals surface area contributed by atoms with Gasteiger partial charge < -0.3 is 5.73 Å². The molecule has 7 heteroatoms. The van der Waals surface area contributed by atoms with E-state index >= 15 is 0 Å². The molecule has 0 aromatic carbocycles. The second-order valence-corrected chi connectivity index (χ2v) is 6.72. The molecule has 1 aromatic rings. The average Bonchev–Trinajstić information content (AvgIpc) is 2.63. The minimum Gasteiger partial charge on any atom is -0.329 e. The second kappa shape index (κ2) is 6.02. The Balaban J connectivity index is 3.29. The zero-order valence-electron chi connectivity index (χ0n) is 12.3. The number of nitrogens with two attached hydrogens (primary N) is 1. The van der Waals surface area contributed by atoms with E-state index in [0.717, 1.165) is 6.42 Å². The van der Waals surface area contributed by atoms with E-state index in [-0.39, 0.29) is 6.04 Å². The second-order valence-electron chi connectivity index (χ2n) is 4.79. The van der Waals surface area contributed by atoms with Gasteiger partial charge in [-0.05, 0) is 27.2 Å². The molecule has 0 aliphatic heterocycles. The number of hydrogen-bond acceptors (Lipinski definition) is 4. The number of sulfonamides is 1. The molecule has 1 rings (SSSR count). The van der Waals surface area contributed by atoms with Gasteiger partial charge in [-0.3, -0.25) is 4.68 Å². The van der Waals surface area contributed by atoms with Crippen molar-refractivity contribution in [3.63, 3.8) is 0 Å². The van der Waals surface area contributed by atoms with Crippen LogP contribution < -0.4 is 5.73 Å². The van der Waals surface area contributed by atoms with Gasteiger partial charge in [-0.15, -0.1) is 0 Å². The fourth-order valence-corrected chi connectivity index (χ4v) is 3.84. The number of rotatable bonds is 6. The summed E-state index contributed by atoms with van der Waals surface area (Å²) in [7, 11) is -1.89. The quantitative estimate of drug-likeness (QED) is 0.842. The Kier molecular flexibility index (Phi) is 5.11. The lowest BCUT2D eigenvalue weighted by atomic mass is 10.3. The first-order valence-corrected chi connectivity index (χ1v) is 7.93. The highest BCUT2D eigenvalue weighted by Crippen LogP contribution is 2.24. The predicted octanol–water partition coefficient (Wildman–Crippen LogP) is 0.878. The van der Waals surface area contributed by atoms with Crippen molar-refractivity contribution < 1.29 is 8.42 Å². The van der Waals surface area contributed by atoms with Gasteiger partial charge in [0.15, 0.2) is 0 Å². The molecule has 0 saturated heterocycles. The lowest BCUT2D eigenvalue weighted by Crippen LogP contribution is -2.35. The van der Waals surface area contributed by atoms with Crippen molar-refractivity contribution in [1.29, 1.82) is 0 Å². The van der Waals surface area contributed by atoms with Gasteiger partial charge in [0.2, 0.25) is 10.0 Å². The van der Waals surface area contributed by atoms with Crippen molar-refractivity contribution in [1.82, 2.24) is 14.1 Å². The first-order valence-electron chi connectivity index (χ1n) is 6.49. The van der Waals surface area contributed by atoms with Gasteiger partial charge in [0, 0.05) is 19.6 Å². The normalized spacial score (nSPS) is 14.1. The molecule has 0 radical (unpaired) electrons. The van der Waals surface area contributed by atoms with Crippen LogP contribution in [0.25, 0.3) is 0 Å². The van der Waals surface area contributed by atoms with Crippen LogP contribution in [0.2, 0.25) is 0 Å². The lowest BCUT2D eigenvalue weighted by molar-refractivity contribution is 0.380. The Hall–Kier alpha value is -0.920. The van der Waals surface area contributed by atoms with Gasteiger partial charge in [0.1, 0.15) is 4.90 Å². The van der Waals surface area contributed by atoms with Crippen molar-refractivity contribution in [2.75, 3.05) is 13.6 Å². The standard InChI is InChI=1S/C12H24N4O2S/c1-6-9(2)15(5)19(17,18)12-10(3)14-16(8-7-13)11(12)4/h9H,6-8,13H2,1-5H3. The van der Waals surface area contributed by atoms with Crippen molar-refractivity contribution in [3.05, 3.63) is 11.4 Å². The molecule has 0 aliphatic carbocycles. The van der Waals surface area contributed by atoms with Crippen LogP contribution in [0.5, 0.6) is 0 Å². The van der Waals surface area contributed by atoms with Crippen LogP contribution in [-0.4, -0.2) is 42.1 Å². The summed E-state index contributed by atoms with van der Waals surface area (Å²) in [6, 6.07) is -0.0401. The summed E-state index contributed by atoms with van der Waals surface area (Å²) in [5, 5.41) is 4.26. The molecule has 19 heavy (non-hydrogen) atoms. The van der Waals surface area contributed by atoms with Crippen molar-refractivity contribution in [3.8, 4) is 0 Å². The summed E-state index contributed by atoms with van der Waals surface area (Å²) in [5.41, 5.74) is 6.69. The molecule has 0 spiro atoms. The number of nitrogens with zero attached hydrogens (tertiary/aromatic N) is 3. The third-order valence-electron chi connectivity index (χ3n) is 3.50. The van der Waals surface area contributed by atoms with Gasteiger partial charge >= 0.3 is 0 Å². The minimum absolute atomic E-state index is 0.0401. The molecule has 0 saturated carbocycles. The Morgan fingerprint density at radius 3 is 2.47 bits per heavy atom. The fraction of sp³-hybridized carbons (Fsp3) is 0.750. The van der Waals surface area contributed by atoms with Crippen LogP contribution in [0, 0.1) is 13.8 Å². The van der Waals surface area contributed by atoms with Gasteiger partial charge in [-0.1, -0.05) is 6.92 Å². The Labute approximate surface area is 115 Å². The van der Waals surface area contributed by atoms with Gasteiger partial charge in [0.25, 0.3) is 0 Å². The zero-order chi connectivity index (χ0) is 14.8. The molecule has 0 amide bonds. The van der Waals surface area contributed by atoms with E-state index in [9.17, 15) is 8.42 Å². The molecule has 1 heterocycles. The Morgan fingerprint density at radius 1 is 1.42 bits per heavy atom. The van der Waals surface area contributed by atoms with Crippen LogP contribution in [0.1, 0.15) is 31.7 Å². The molecule has 1 atom stereocenters. The lowest BCUT2D eigenvalue weighted by Gasteiger charge is -2.23. The zero-order valence-corrected chi connectivity index (χ0v) is 13.2. The third-order valence-corrected chi connectivity index (χ3v) is 5.73. The highest BCUT2D eigenvalue weighted by Gasteiger charge is 2.30. The maximum Gasteiger partial charge on any atom is 0.246 e. The number of hydrogen-bond donors (Lipinski definition) is 1. The smallest absolute Gasteiger partial charge is 0.246 e. The van der Waals surface area contributed by atoms with E-state index in [1.807, 2.05) is 13.8 Å². The van der Waals surface area contributed by atoms with Crippen molar-refractivity contribution >= 4 is 10.0 Å². The summed E-state index contributed by atoms with van der Waals surface area (Å²) < 4.78 is 28.3.